The van der Waals surface area contributed by atoms with Crippen LogP contribution in [-0.4, -0.2) is 23.5 Å². The molecule has 2 N–H and O–H groups in total. The summed E-state index contributed by atoms with van der Waals surface area (Å²) >= 11 is 0. The number of hydrogen-bond donors (Lipinski definition) is 2. The van der Waals surface area contributed by atoms with Crippen LogP contribution in [-0.2, 0) is 13.0 Å². The Bertz CT molecular complexity index is 653. The Labute approximate surface area is 135 Å². The molecule has 3 rings (SSSR count). The van der Waals surface area contributed by atoms with Crippen molar-refractivity contribution in [3.8, 4) is 0 Å². The fraction of sp³-hybridized carbons (Fsp3) is 0.333. The number of nitrogens with zero attached hydrogens (tertiary/aromatic N) is 2. The van der Waals surface area contributed by atoms with Crippen molar-refractivity contribution < 1.29 is 4.39 Å². The molecule has 2 aromatic rings. The predicted octanol–water partition coefficient (Wildman–Crippen LogP) is 2.66. The lowest BCUT2D eigenvalue weighted by atomic mass is 10.1. The molecule has 23 heavy (non-hydrogen) atoms. The molecule has 0 atom stereocenters. The molecule has 1 saturated carbocycles. The first-order valence-electron chi connectivity index (χ1n) is 7.99. The van der Waals surface area contributed by atoms with Gasteiger partial charge in [-0.2, -0.15) is 0 Å². The maximum absolute atomic E-state index is 13.2. The minimum Gasteiger partial charge on any atom is -0.356 e. The summed E-state index contributed by atoms with van der Waals surface area (Å²) in [5.41, 5.74) is 1.92. The lowest BCUT2D eigenvalue weighted by Gasteiger charge is -2.12. The highest BCUT2D eigenvalue weighted by Gasteiger charge is 2.22. The van der Waals surface area contributed by atoms with E-state index in [0.29, 0.717) is 19.1 Å². The van der Waals surface area contributed by atoms with E-state index >= 15 is 0 Å². The van der Waals surface area contributed by atoms with Gasteiger partial charge in [0.15, 0.2) is 5.96 Å². The van der Waals surface area contributed by atoms with E-state index in [4.69, 9.17) is 0 Å². The normalized spacial score (nSPS) is 14.6. The Morgan fingerprint density at radius 3 is 2.87 bits per heavy atom. The van der Waals surface area contributed by atoms with Crippen LogP contribution in [0.4, 0.5) is 4.39 Å². The van der Waals surface area contributed by atoms with Crippen LogP contribution >= 0.6 is 0 Å². The highest BCUT2D eigenvalue weighted by Crippen LogP contribution is 2.18. The third-order valence-electron chi connectivity index (χ3n) is 3.64. The minimum absolute atomic E-state index is 0.192. The Hall–Kier alpha value is -2.43. The molecular weight excluding hydrogens is 291 g/mol. The quantitative estimate of drug-likeness (QED) is 0.637. The van der Waals surface area contributed by atoms with Gasteiger partial charge in [0.1, 0.15) is 5.82 Å². The van der Waals surface area contributed by atoms with Gasteiger partial charge < -0.3 is 10.6 Å². The number of pyridine rings is 1. The highest BCUT2D eigenvalue weighted by atomic mass is 19.1. The second-order valence-electron chi connectivity index (χ2n) is 5.71. The summed E-state index contributed by atoms with van der Waals surface area (Å²) in [5, 5.41) is 6.71. The van der Waals surface area contributed by atoms with Crippen LogP contribution in [0.25, 0.3) is 0 Å². The van der Waals surface area contributed by atoms with Crippen molar-refractivity contribution >= 4 is 5.96 Å². The number of aliphatic imine (C=N–C) groups is 1. The molecule has 1 aromatic heterocycles. The lowest BCUT2D eigenvalue weighted by Crippen LogP contribution is -2.39. The van der Waals surface area contributed by atoms with E-state index in [9.17, 15) is 4.39 Å². The van der Waals surface area contributed by atoms with Crippen molar-refractivity contribution in [2.75, 3.05) is 6.54 Å². The number of aromatic nitrogens is 1. The molecule has 1 heterocycles. The molecule has 0 saturated heterocycles. The molecule has 0 unspecified atom stereocenters. The van der Waals surface area contributed by atoms with Crippen molar-refractivity contribution in [1.82, 2.24) is 15.6 Å². The monoisotopic (exact) mass is 312 g/mol. The zero-order valence-corrected chi connectivity index (χ0v) is 13.0. The zero-order chi connectivity index (χ0) is 15.9. The molecule has 1 aliphatic rings. The van der Waals surface area contributed by atoms with Gasteiger partial charge in [-0.05, 0) is 49.1 Å². The molecule has 0 bridgehead atoms. The third kappa shape index (κ3) is 5.36. The van der Waals surface area contributed by atoms with Gasteiger partial charge in [-0.25, -0.2) is 9.38 Å². The minimum atomic E-state index is -0.192. The Morgan fingerprint density at radius 2 is 2.13 bits per heavy atom. The summed E-state index contributed by atoms with van der Waals surface area (Å²) < 4.78 is 13.2. The van der Waals surface area contributed by atoms with Crippen LogP contribution in [0.5, 0.6) is 0 Å². The van der Waals surface area contributed by atoms with Crippen LogP contribution in [0.15, 0.2) is 53.7 Å². The molecule has 0 spiro atoms. The zero-order valence-electron chi connectivity index (χ0n) is 13.0. The van der Waals surface area contributed by atoms with E-state index < -0.39 is 0 Å². The standard InChI is InChI=1S/C18H21FN4/c19-15-5-3-4-14(12-15)9-11-21-18(23-16-7-8-16)22-13-17-6-1-2-10-20-17/h1-6,10,12,16H,7-9,11,13H2,(H2,21,22,23). The van der Waals surface area contributed by atoms with Gasteiger partial charge in [-0.3, -0.25) is 4.98 Å². The first-order valence-corrected chi connectivity index (χ1v) is 7.99. The van der Waals surface area contributed by atoms with Crippen molar-refractivity contribution in [2.45, 2.75) is 31.8 Å². The summed E-state index contributed by atoms with van der Waals surface area (Å²) in [5.74, 6) is 0.609. The summed E-state index contributed by atoms with van der Waals surface area (Å²) in [6.07, 6.45) is 4.91. The van der Waals surface area contributed by atoms with Crippen LogP contribution in [0, 0.1) is 5.82 Å². The number of benzene rings is 1. The van der Waals surface area contributed by atoms with Crippen molar-refractivity contribution in [1.29, 1.82) is 0 Å². The number of rotatable bonds is 6. The van der Waals surface area contributed by atoms with Gasteiger partial charge in [0.25, 0.3) is 0 Å². The molecule has 0 radical (unpaired) electrons. The molecule has 1 aromatic carbocycles. The topological polar surface area (TPSA) is 49.3 Å². The van der Waals surface area contributed by atoms with Gasteiger partial charge in [0.05, 0.1) is 12.2 Å². The van der Waals surface area contributed by atoms with Crippen LogP contribution in [0.2, 0.25) is 0 Å². The maximum Gasteiger partial charge on any atom is 0.191 e. The fourth-order valence-corrected chi connectivity index (χ4v) is 2.24. The van der Waals surface area contributed by atoms with E-state index in [1.807, 2.05) is 24.3 Å². The van der Waals surface area contributed by atoms with Crippen LogP contribution in [0.1, 0.15) is 24.1 Å². The number of halogens is 1. The Balaban J connectivity index is 1.53. The van der Waals surface area contributed by atoms with E-state index in [2.05, 4.69) is 20.6 Å². The van der Waals surface area contributed by atoms with Gasteiger partial charge in [-0.1, -0.05) is 18.2 Å². The third-order valence-corrected chi connectivity index (χ3v) is 3.64. The molecule has 1 aliphatic carbocycles. The highest BCUT2D eigenvalue weighted by molar-refractivity contribution is 5.80. The average Bonchev–Trinajstić information content (AvgIpc) is 3.37. The van der Waals surface area contributed by atoms with Gasteiger partial charge in [-0.15, -0.1) is 0 Å². The van der Waals surface area contributed by atoms with Gasteiger partial charge >= 0.3 is 0 Å². The van der Waals surface area contributed by atoms with Gasteiger partial charge in [0, 0.05) is 18.8 Å². The van der Waals surface area contributed by atoms with Crippen LogP contribution < -0.4 is 10.6 Å². The second kappa shape index (κ2) is 7.72. The lowest BCUT2D eigenvalue weighted by molar-refractivity contribution is 0.625. The second-order valence-corrected chi connectivity index (χ2v) is 5.71. The largest absolute Gasteiger partial charge is 0.356 e. The molecule has 120 valence electrons. The summed E-state index contributed by atoms with van der Waals surface area (Å²) in [6, 6.07) is 13.1. The fourth-order valence-electron chi connectivity index (χ4n) is 2.24. The Kier molecular flexibility index (Phi) is 5.19. The van der Waals surface area contributed by atoms with E-state index in [0.717, 1.165) is 23.6 Å². The molecule has 0 amide bonds. The SMILES string of the molecule is Fc1cccc(CCNC(=NCc2ccccn2)NC2CC2)c1. The molecular formula is C18H21FN4. The van der Waals surface area contributed by atoms with Gasteiger partial charge in [0.2, 0.25) is 0 Å². The van der Waals surface area contributed by atoms with Crippen molar-refractivity contribution in [3.63, 3.8) is 0 Å². The number of guanidine groups is 1. The molecule has 5 heteroatoms. The number of hydrogen-bond acceptors (Lipinski definition) is 2. The van der Waals surface area contributed by atoms with E-state index in [1.54, 1.807) is 18.3 Å². The molecule has 1 fully saturated rings. The van der Waals surface area contributed by atoms with Crippen LogP contribution in [0.3, 0.4) is 0 Å². The first-order chi connectivity index (χ1) is 11.3. The van der Waals surface area contributed by atoms with E-state index in [-0.39, 0.29) is 5.82 Å². The van der Waals surface area contributed by atoms with E-state index in [1.165, 1.54) is 18.9 Å². The number of nitrogens with one attached hydrogen (secondary N) is 2. The first kappa shape index (κ1) is 15.5. The average molecular weight is 312 g/mol. The maximum atomic E-state index is 13.2. The Morgan fingerprint density at radius 1 is 1.22 bits per heavy atom. The summed E-state index contributed by atoms with van der Waals surface area (Å²) in [4.78, 5) is 8.86. The molecule has 4 nitrogen and oxygen atoms in total. The summed E-state index contributed by atoms with van der Waals surface area (Å²) in [7, 11) is 0. The smallest absolute Gasteiger partial charge is 0.191 e. The van der Waals surface area contributed by atoms with Crippen molar-refractivity contribution in [2.24, 2.45) is 4.99 Å². The van der Waals surface area contributed by atoms with Crippen molar-refractivity contribution in [3.05, 3.63) is 65.7 Å². The summed E-state index contributed by atoms with van der Waals surface area (Å²) in [6.45, 7) is 1.26. The molecule has 0 aliphatic heterocycles. The predicted molar refractivity (Wildman–Crippen MR) is 89.6 cm³/mol.